The maximum absolute atomic E-state index is 13.3. The Bertz CT molecular complexity index is 770. The molecule has 2 amide bonds. The van der Waals surface area contributed by atoms with E-state index >= 15 is 0 Å². The van der Waals surface area contributed by atoms with Crippen LogP contribution in [-0.2, 0) is 0 Å². The number of urea groups is 1. The molecule has 2 aliphatic rings. The van der Waals surface area contributed by atoms with E-state index in [9.17, 15) is 9.18 Å². The van der Waals surface area contributed by atoms with Gasteiger partial charge in [0, 0.05) is 31.0 Å². The van der Waals surface area contributed by atoms with Crippen LogP contribution in [0.2, 0.25) is 0 Å². The van der Waals surface area contributed by atoms with Crippen LogP contribution in [0.4, 0.5) is 9.18 Å². The highest BCUT2D eigenvalue weighted by atomic mass is 19.1. The number of likely N-dealkylation sites (tertiary alicyclic amines) is 1. The van der Waals surface area contributed by atoms with Gasteiger partial charge in [-0.05, 0) is 43.9 Å². The summed E-state index contributed by atoms with van der Waals surface area (Å²) in [5, 5.41) is 6.89. The van der Waals surface area contributed by atoms with Crippen molar-refractivity contribution >= 4 is 6.03 Å². The quantitative estimate of drug-likeness (QED) is 0.929. The minimum absolute atomic E-state index is 0.0379. The van der Waals surface area contributed by atoms with E-state index in [1.54, 1.807) is 19.1 Å². The van der Waals surface area contributed by atoms with Crippen molar-refractivity contribution in [3.05, 3.63) is 47.4 Å². The number of nitrogens with zero attached hydrogens (tertiary/aromatic N) is 3. The Kier molecular flexibility index (Phi) is 4.15. The average Bonchev–Trinajstić information content (AvgIpc) is 3.24. The second-order valence-electron chi connectivity index (χ2n) is 6.89. The summed E-state index contributed by atoms with van der Waals surface area (Å²) in [6, 6.07) is 6.68. The van der Waals surface area contributed by atoms with E-state index in [1.165, 1.54) is 6.07 Å². The van der Waals surface area contributed by atoms with Crippen molar-refractivity contribution in [2.75, 3.05) is 13.1 Å². The summed E-state index contributed by atoms with van der Waals surface area (Å²) in [5.41, 5.74) is 0.954. The van der Waals surface area contributed by atoms with E-state index in [0.717, 1.165) is 24.8 Å². The van der Waals surface area contributed by atoms with Gasteiger partial charge in [0.05, 0.1) is 0 Å². The van der Waals surface area contributed by atoms with Gasteiger partial charge < -0.3 is 14.7 Å². The van der Waals surface area contributed by atoms with Crippen LogP contribution in [0.1, 0.15) is 48.4 Å². The first kappa shape index (κ1) is 16.1. The Labute approximate surface area is 145 Å². The highest BCUT2D eigenvalue weighted by Crippen LogP contribution is 2.41. The zero-order chi connectivity index (χ0) is 17.4. The number of amides is 2. The minimum Gasteiger partial charge on any atom is -0.339 e. The number of carbonyl (C=O) groups excluding carboxylic acids is 1. The van der Waals surface area contributed by atoms with Gasteiger partial charge in [0.1, 0.15) is 5.82 Å². The summed E-state index contributed by atoms with van der Waals surface area (Å²) in [5.74, 6) is 1.54. The van der Waals surface area contributed by atoms with E-state index < -0.39 is 0 Å². The number of rotatable bonds is 3. The molecule has 0 bridgehead atoms. The molecule has 132 valence electrons. The second kappa shape index (κ2) is 6.46. The first-order valence-electron chi connectivity index (χ1n) is 8.71. The lowest BCUT2D eigenvalue weighted by Gasteiger charge is -2.30. The van der Waals surface area contributed by atoms with Crippen molar-refractivity contribution in [1.82, 2.24) is 20.4 Å². The minimum atomic E-state index is -0.229. The van der Waals surface area contributed by atoms with Gasteiger partial charge in [-0.2, -0.15) is 4.98 Å². The number of hydrogen-bond donors (Lipinski definition) is 1. The Morgan fingerprint density at radius 3 is 2.84 bits per heavy atom. The molecule has 1 saturated heterocycles. The molecular formula is C18H21FN4O2. The Hall–Kier alpha value is -2.44. The number of carbonyl (C=O) groups is 1. The summed E-state index contributed by atoms with van der Waals surface area (Å²) in [6.45, 7) is 3.16. The lowest BCUT2D eigenvalue weighted by molar-refractivity contribution is 0.174. The highest BCUT2D eigenvalue weighted by Gasteiger charge is 2.40. The molecule has 25 heavy (non-hydrogen) atoms. The number of benzene rings is 1. The van der Waals surface area contributed by atoms with E-state index in [-0.39, 0.29) is 29.7 Å². The number of aromatic nitrogens is 2. The van der Waals surface area contributed by atoms with Crippen LogP contribution in [-0.4, -0.2) is 40.2 Å². The van der Waals surface area contributed by atoms with Gasteiger partial charge in [0.25, 0.3) is 0 Å². The van der Waals surface area contributed by atoms with Crippen LogP contribution < -0.4 is 5.32 Å². The summed E-state index contributed by atoms with van der Waals surface area (Å²) in [4.78, 5) is 18.5. The van der Waals surface area contributed by atoms with E-state index in [2.05, 4.69) is 15.5 Å². The van der Waals surface area contributed by atoms with Gasteiger partial charge in [-0.15, -0.1) is 0 Å². The van der Waals surface area contributed by atoms with Gasteiger partial charge in [0.2, 0.25) is 5.89 Å². The second-order valence-corrected chi connectivity index (χ2v) is 6.89. The molecule has 0 unspecified atom stereocenters. The smallest absolute Gasteiger partial charge is 0.317 e. The fraction of sp³-hybridized carbons (Fsp3) is 0.500. The summed E-state index contributed by atoms with van der Waals surface area (Å²) >= 11 is 0. The monoisotopic (exact) mass is 344 g/mol. The Morgan fingerprint density at radius 1 is 1.36 bits per heavy atom. The molecular weight excluding hydrogens is 323 g/mol. The number of halogens is 1. The summed E-state index contributed by atoms with van der Waals surface area (Å²) in [6.07, 6.45) is 2.52. The standard InChI is InChI=1S/C18H21FN4O2/c1-11-20-17(25-22-11)12-5-7-23(8-6-12)18(24)21-16-10-15(16)13-3-2-4-14(19)9-13/h2-4,9,12,15-16H,5-8,10H2,1H3,(H,21,24)/t15-,16+/m0/s1. The molecule has 0 radical (unpaired) electrons. The lowest BCUT2D eigenvalue weighted by atomic mass is 9.97. The third-order valence-corrected chi connectivity index (χ3v) is 5.05. The van der Waals surface area contributed by atoms with Crippen molar-refractivity contribution in [1.29, 1.82) is 0 Å². The molecule has 2 atom stereocenters. The predicted octanol–water partition coefficient (Wildman–Crippen LogP) is 2.96. The molecule has 7 heteroatoms. The van der Waals surface area contributed by atoms with Crippen molar-refractivity contribution in [2.24, 2.45) is 0 Å². The fourth-order valence-corrected chi connectivity index (χ4v) is 3.52. The molecule has 2 aromatic rings. The molecule has 1 aromatic heterocycles. The summed E-state index contributed by atoms with van der Waals surface area (Å²) < 4.78 is 18.5. The van der Waals surface area contributed by atoms with Crippen molar-refractivity contribution < 1.29 is 13.7 Å². The Balaban J connectivity index is 1.27. The van der Waals surface area contributed by atoms with Gasteiger partial charge in [-0.25, -0.2) is 9.18 Å². The summed E-state index contributed by atoms with van der Waals surface area (Å²) in [7, 11) is 0. The van der Waals surface area contributed by atoms with Gasteiger partial charge in [-0.1, -0.05) is 17.3 Å². The topological polar surface area (TPSA) is 71.3 Å². The van der Waals surface area contributed by atoms with Crippen LogP contribution in [0.25, 0.3) is 0 Å². The van der Waals surface area contributed by atoms with E-state index in [1.807, 2.05) is 11.0 Å². The van der Waals surface area contributed by atoms with Crippen LogP contribution in [0.3, 0.4) is 0 Å². The largest absolute Gasteiger partial charge is 0.339 e. The normalized spacial score (nSPS) is 23.5. The van der Waals surface area contributed by atoms with Crippen molar-refractivity contribution in [2.45, 2.75) is 44.1 Å². The maximum atomic E-state index is 13.3. The molecule has 1 aliphatic carbocycles. The highest BCUT2D eigenvalue weighted by molar-refractivity contribution is 5.75. The third-order valence-electron chi connectivity index (χ3n) is 5.05. The SMILES string of the molecule is Cc1noc(C2CCN(C(=O)N[C@@H]3C[C@H]3c3cccc(F)c3)CC2)n1. The molecule has 0 spiro atoms. The van der Waals surface area contributed by atoms with Gasteiger partial charge in [-0.3, -0.25) is 0 Å². The molecule has 1 aliphatic heterocycles. The van der Waals surface area contributed by atoms with Gasteiger partial charge in [0.15, 0.2) is 5.82 Å². The lowest BCUT2D eigenvalue weighted by Crippen LogP contribution is -2.45. The van der Waals surface area contributed by atoms with Crippen LogP contribution >= 0.6 is 0 Å². The van der Waals surface area contributed by atoms with Crippen LogP contribution in [0, 0.1) is 12.7 Å². The zero-order valence-electron chi connectivity index (χ0n) is 14.1. The first-order valence-corrected chi connectivity index (χ1v) is 8.71. The molecule has 4 rings (SSSR count). The Morgan fingerprint density at radius 2 is 2.16 bits per heavy atom. The maximum Gasteiger partial charge on any atom is 0.317 e. The predicted molar refractivity (Wildman–Crippen MR) is 88.7 cm³/mol. The molecule has 1 aromatic carbocycles. The zero-order valence-corrected chi connectivity index (χ0v) is 14.1. The number of hydrogen-bond acceptors (Lipinski definition) is 4. The first-order chi connectivity index (χ1) is 12.1. The van der Waals surface area contributed by atoms with Crippen LogP contribution in [0.15, 0.2) is 28.8 Å². The average molecular weight is 344 g/mol. The molecule has 1 N–H and O–H groups in total. The molecule has 1 saturated carbocycles. The van der Waals surface area contributed by atoms with E-state index in [4.69, 9.17) is 4.52 Å². The van der Waals surface area contributed by atoms with Crippen LogP contribution in [0.5, 0.6) is 0 Å². The molecule has 2 fully saturated rings. The van der Waals surface area contributed by atoms with Crippen molar-refractivity contribution in [3.63, 3.8) is 0 Å². The molecule has 2 heterocycles. The number of aryl methyl sites for hydroxylation is 1. The van der Waals surface area contributed by atoms with E-state index in [0.29, 0.717) is 24.8 Å². The van der Waals surface area contributed by atoms with Gasteiger partial charge >= 0.3 is 6.03 Å². The molecule has 6 nitrogen and oxygen atoms in total. The number of nitrogens with one attached hydrogen (secondary N) is 1. The number of piperidine rings is 1. The third kappa shape index (κ3) is 3.50. The van der Waals surface area contributed by atoms with Crippen molar-refractivity contribution in [3.8, 4) is 0 Å². The fourth-order valence-electron chi connectivity index (χ4n) is 3.52.